The van der Waals surface area contributed by atoms with Crippen LogP contribution in [0.5, 0.6) is 5.75 Å². The van der Waals surface area contributed by atoms with Gasteiger partial charge < -0.3 is 15.7 Å². The molecule has 11 heteroatoms. The lowest BCUT2D eigenvalue weighted by atomic mass is 9.72. The predicted octanol–water partition coefficient (Wildman–Crippen LogP) is 8.34. The zero-order valence-electron chi connectivity index (χ0n) is 23.9. The van der Waals surface area contributed by atoms with E-state index in [1.54, 1.807) is 18.2 Å². The van der Waals surface area contributed by atoms with Crippen LogP contribution in [0.3, 0.4) is 0 Å². The van der Waals surface area contributed by atoms with E-state index < -0.39 is 57.6 Å². The van der Waals surface area contributed by atoms with Crippen molar-refractivity contribution in [3.05, 3.63) is 89.0 Å². The Morgan fingerprint density at radius 1 is 0.667 bits per heavy atom. The molecular formula is C31H32F6N2O3. The third kappa shape index (κ3) is 6.39. The number of anilines is 2. The smallest absolute Gasteiger partial charge is 0.411 e. The van der Waals surface area contributed by atoms with E-state index >= 15 is 0 Å². The van der Waals surface area contributed by atoms with Crippen molar-refractivity contribution in [1.82, 2.24) is 0 Å². The lowest BCUT2D eigenvalue weighted by Gasteiger charge is -2.38. The monoisotopic (exact) mass is 594 g/mol. The van der Waals surface area contributed by atoms with Crippen molar-refractivity contribution in [2.45, 2.75) is 64.7 Å². The summed E-state index contributed by atoms with van der Waals surface area (Å²) in [5, 5.41) is 15.0. The molecule has 0 aliphatic carbocycles. The van der Waals surface area contributed by atoms with Crippen molar-refractivity contribution in [1.29, 1.82) is 0 Å². The Kier molecular flexibility index (Phi) is 8.51. The number of hydrogen-bond donors (Lipinski definition) is 3. The third-order valence-corrected chi connectivity index (χ3v) is 6.75. The molecule has 2 amide bonds. The molecule has 3 aromatic carbocycles. The van der Waals surface area contributed by atoms with E-state index in [1.807, 2.05) is 20.8 Å². The molecule has 0 saturated heterocycles. The SMILES string of the molecule is CC(C)(C)C(=O)Nc1cccc(C(c2ccc(O)c(NC(=O)c3cccc(C(C)(C)C)c3)c2)(C(F)(F)F)C(F)(F)F)c1. The first kappa shape index (κ1) is 32.5. The average Bonchev–Trinajstić information content (AvgIpc) is 2.84. The van der Waals surface area contributed by atoms with Crippen LogP contribution in [0.2, 0.25) is 0 Å². The Hall–Kier alpha value is -4.02. The van der Waals surface area contributed by atoms with Crippen molar-refractivity contribution in [2.24, 2.45) is 5.41 Å². The summed E-state index contributed by atoms with van der Waals surface area (Å²) in [5.74, 6) is -2.19. The highest BCUT2D eigenvalue weighted by molar-refractivity contribution is 6.05. The summed E-state index contributed by atoms with van der Waals surface area (Å²) in [5.41, 5.74) is -8.47. The molecule has 0 heterocycles. The van der Waals surface area contributed by atoms with Crippen LogP contribution in [0.25, 0.3) is 0 Å². The molecule has 226 valence electrons. The number of phenols is 1. The number of alkyl halides is 6. The highest BCUT2D eigenvalue weighted by Gasteiger charge is 2.72. The van der Waals surface area contributed by atoms with Gasteiger partial charge in [-0.05, 0) is 58.5 Å². The van der Waals surface area contributed by atoms with Gasteiger partial charge in [-0.15, -0.1) is 0 Å². The van der Waals surface area contributed by atoms with E-state index in [0.29, 0.717) is 30.3 Å². The Bertz CT molecular complexity index is 1470. The van der Waals surface area contributed by atoms with Crippen LogP contribution in [0.1, 0.15) is 68.6 Å². The zero-order chi connectivity index (χ0) is 31.9. The molecule has 5 nitrogen and oxygen atoms in total. The van der Waals surface area contributed by atoms with E-state index in [-0.39, 0.29) is 16.7 Å². The number of benzene rings is 3. The van der Waals surface area contributed by atoms with Crippen LogP contribution in [0.4, 0.5) is 37.7 Å². The first-order valence-electron chi connectivity index (χ1n) is 12.9. The van der Waals surface area contributed by atoms with Gasteiger partial charge in [0.1, 0.15) is 5.75 Å². The molecule has 0 spiro atoms. The van der Waals surface area contributed by atoms with E-state index in [2.05, 4.69) is 10.6 Å². The maximum absolute atomic E-state index is 14.8. The van der Waals surface area contributed by atoms with Gasteiger partial charge in [0.25, 0.3) is 5.91 Å². The van der Waals surface area contributed by atoms with E-state index in [4.69, 9.17) is 0 Å². The van der Waals surface area contributed by atoms with Gasteiger partial charge >= 0.3 is 12.4 Å². The fourth-order valence-electron chi connectivity index (χ4n) is 4.32. The van der Waals surface area contributed by atoms with E-state index in [9.17, 15) is 41.0 Å². The fraction of sp³-hybridized carbons (Fsp3) is 0.355. The largest absolute Gasteiger partial charge is 0.506 e. The standard InChI is InChI=1S/C31H32F6N2O3/c1-27(2,3)19-10-7-9-18(15-19)25(41)39-23-17-21(13-14-24(23)40)29(30(32,33)34,31(35,36)37)20-11-8-12-22(16-20)38-26(42)28(4,5)6/h7-17,40H,1-6H3,(H,38,42)(H,39,41). The zero-order valence-corrected chi connectivity index (χ0v) is 23.9. The molecule has 42 heavy (non-hydrogen) atoms. The van der Waals surface area contributed by atoms with Gasteiger partial charge in [0, 0.05) is 16.7 Å². The maximum Gasteiger partial charge on any atom is 0.411 e. The second kappa shape index (κ2) is 11.0. The van der Waals surface area contributed by atoms with Crippen LogP contribution in [-0.2, 0) is 15.6 Å². The molecule has 0 fully saturated rings. The van der Waals surface area contributed by atoms with E-state index in [1.165, 1.54) is 32.9 Å². The average molecular weight is 595 g/mol. The molecule has 0 atom stereocenters. The second-order valence-electron chi connectivity index (χ2n) is 12.0. The number of halogens is 6. The second-order valence-corrected chi connectivity index (χ2v) is 12.0. The predicted molar refractivity (Wildman–Crippen MR) is 149 cm³/mol. The summed E-state index contributed by atoms with van der Waals surface area (Å²) < 4.78 is 88.7. The first-order valence-corrected chi connectivity index (χ1v) is 12.9. The van der Waals surface area contributed by atoms with Crippen molar-refractivity contribution in [2.75, 3.05) is 10.6 Å². The van der Waals surface area contributed by atoms with Crippen LogP contribution in [0, 0.1) is 5.41 Å². The summed E-state index contributed by atoms with van der Waals surface area (Å²) in [4.78, 5) is 25.4. The van der Waals surface area contributed by atoms with Crippen molar-refractivity contribution < 1.29 is 41.0 Å². The molecule has 0 radical (unpaired) electrons. The quantitative estimate of drug-likeness (QED) is 0.205. The van der Waals surface area contributed by atoms with Crippen LogP contribution in [-0.4, -0.2) is 29.3 Å². The summed E-state index contributed by atoms with van der Waals surface area (Å²) >= 11 is 0. The molecule has 0 aliphatic heterocycles. The summed E-state index contributed by atoms with van der Waals surface area (Å²) in [6.45, 7) is 10.3. The van der Waals surface area contributed by atoms with Crippen molar-refractivity contribution in [3.63, 3.8) is 0 Å². The molecule has 0 saturated carbocycles. The summed E-state index contributed by atoms with van der Waals surface area (Å²) in [7, 11) is 0. The maximum atomic E-state index is 14.8. The Morgan fingerprint density at radius 3 is 1.76 bits per heavy atom. The normalized spacial score (nSPS) is 13.0. The van der Waals surface area contributed by atoms with Gasteiger partial charge in [0.15, 0.2) is 0 Å². The van der Waals surface area contributed by atoms with Gasteiger partial charge in [0.05, 0.1) is 5.69 Å². The molecule has 3 aromatic rings. The molecule has 0 bridgehead atoms. The summed E-state index contributed by atoms with van der Waals surface area (Å²) in [6, 6.07) is 11.4. The Morgan fingerprint density at radius 2 is 1.21 bits per heavy atom. The number of phenolic OH excluding ortho intramolecular Hbond substituents is 1. The minimum Gasteiger partial charge on any atom is -0.506 e. The van der Waals surface area contributed by atoms with E-state index in [0.717, 1.165) is 11.6 Å². The molecular weight excluding hydrogens is 562 g/mol. The first-order chi connectivity index (χ1) is 19.1. The number of aromatic hydroxyl groups is 1. The van der Waals surface area contributed by atoms with Gasteiger partial charge in [-0.2, -0.15) is 26.3 Å². The lowest BCUT2D eigenvalue weighted by molar-refractivity contribution is -0.288. The number of carbonyl (C=O) groups excluding carboxylic acids is 2. The molecule has 3 N–H and O–H groups in total. The molecule has 0 aliphatic rings. The lowest BCUT2D eigenvalue weighted by Crippen LogP contribution is -2.54. The van der Waals surface area contributed by atoms with Gasteiger partial charge in [-0.25, -0.2) is 0 Å². The minimum atomic E-state index is -5.93. The van der Waals surface area contributed by atoms with Crippen LogP contribution >= 0.6 is 0 Å². The van der Waals surface area contributed by atoms with Gasteiger partial charge in [-0.3, -0.25) is 9.59 Å². The highest BCUT2D eigenvalue weighted by Crippen LogP contribution is 2.57. The van der Waals surface area contributed by atoms with Crippen molar-refractivity contribution >= 4 is 23.2 Å². The number of hydrogen-bond acceptors (Lipinski definition) is 3. The van der Waals surface area contributed by atoms with Gasteiger partial charge in [0.2, 0.25) is 11.3 Å². The van der Waals surface area contributed by atoms with Gasteiger partial charge in [-0.1, -0.05) is 71.9 Å². The third-order valence-electron chi connectivity index (χ3n) is 6.75. The Balaban J connectivity index is 2.18. The van der Waals surface area contributed by atoms with Crippen LogP contribution < -0.4 is 10.6 Å². The number of rotatable bonds is 5. The number of amides is 2. The molecule has 0 unspecified atom stereocenters. The Labute approximate surface area is 240 Å². The number of carbonyl (C=O) groups is 2. The highest BCUT2D eigenvalue weighted by atomic mass is 19.4. The molecule has 3 rings (SSSR count). The van der Waals surface area contributed by atoms with Crippen LogP contribution in [0.15, 0.2) is 66.7 Å². The number of nitrogens with one attached hydrogen (secondary N) is 2. The minimum absolute atomic E-state index is 0.0902. The summed E-state index contributed by atoms with van der Waals surface area (Å²) in [6.07, 6.45) is -11.9. The topological polar surface area (TPSA) is 78.4 Å². The van der Waals surface area contributed by atoms with Crippen molar-refractivity contribution in [3.8, 4) is 5.75 Å². The molecule has 0 aromatic heterocycles. The fourth-order valence-corrected chi connectivity index (χ4v) is 4.32.